The molecule has 0 unspecified atom stereocenters. The first kappa shape index (κ1) is 12.0. The summed E-state index contributed by atoms with van der Waals surface area (Å²) in [5.74, 6) is 0. The number of hydrogen-bond donors (Lipinski definition) is 1. The van der Waals surface area contributed by atoms with Crippen LogP contribution in [0.25, 0.3) is 0 Å². The molecule has 2 nitrogen and oxygen atoms in total. The third-order valence-electron chi connectivity index (χ3n) is 3.09. The molecule has 0 amide bonds. The van der Waals surface area contributed by atoms with Crippen molar-refractivity contribution in [3.05, 3.63) is 0 Å². The molecule has 0 atom stereocenters. The number of nitrogens with zero attached hydrogens (tertiary/aromatic N) is 1. The summed E-state index contributed by atoms with van der Waals surface area (Å²) in [6.45, 7) is 10.0. The van der Waals surface area contributed by atoms with Crippen molar-refractivity contribution in [3.63, 3.8) is 0 Å². The van der Waals surface area contributed by atoms with E-state index in [0.29, 0.717) is 0 Å². The summed E-state index contributed by atoms with van der Waals surface area (Å²) in [6.07, 6.45) is 5.66. The fourth-order valence-electron chi connectivity index (χ4n) is 2.20. The van der Waals surface area contributed by atoms with Crippen molar-refractivity contribution < 1.29 is 0 Å². The summed E-state index contributed by atoms with van der Waals surface area (Å²) in [5.41, 5.74) is 0. The van der Waals surface area contributed by atoms with Gasteiger partial charge in [0.2, 0.25) is 0 Å². The van der Waals surface area contributed by atoms with Crippen molar-refractivity contribution in [1.29, 1.82) is 0 Å². The second kappa shape index (κ2) is 6.41. The van der Waals surface area contributed by atoms with Gasteiger partial charge in [-0.1, -0.05) is 20.8 Å². The van der Waals surface area contributed by atoms with Gasteiger partial charge < -0.3 is 10.2 Å². The lowest BCUT2D eigenvalue weighted by Crippen LogP contribution is -2.43. The fraction of sp³-hybridized carbons (Fsp3) is 1.00. The molecule has 0 aromatic heterocycles. The van der Waals surface area contributed by atoms with Gasteiger partial charge in [0, 0.05) is 12.1 Å². The minimum absolute atomic E-state index is 0.810. The zero-order chi connectivity index (χ0) is 10.4. The summed E-state index contributed by atoms with van der Waals surface area (Å²) in [6, 6.07) is 1.79. The number of hydrogen-bond acceptors (Lipinski definition) is 2. The van der Waals surface area contributed by atoms with Gasteiger partial charge in [-0.3, -0.25) is 0 Å². The topological polar surface area (TPSA) is 15.3 Å². The molecule has 0 aromatic rings. The summed E-state index contributed by atoms with van der Waals surface area (Å²) < 4.78 is 0. The SMILES string of the molecule is CC.CCNC1CCN(C2CC2)CC1. The Kier molecular flexibility index (Phi) is 5.49. The molecule has 2 heteroatoms. The monoisotopic (exact) mass is 198 g/mol. The van der Waals surface area contributed by atoms with E-state index in [1.807, 2.05) is 13.8 Å². The van der Waals surface area contributed by atoms with E-state index < -0.39 is 0 Å². The van der Waals surface area contributed by atoms with Crippen LogP contribution in [0.5, 0.6) is 0 Å². The quantitative estimate of drug-likeness (QED) is 0.748. The molecular weight excluding hydrogens is 172 g/mol. The highest BCUT2D eigenvalue weighted by Crippen LogP contribution is 2.29. The maximum atomic E-state index is 3.54. The summed E-state index contributed by atoms with van der Waals surface area (Å²) >= 11 is 0. The van der Waals surface area contributed by atoms with Crippen LogP contribution in [-0.4, -0.2) is 36.6 Å². The summed E-state index contributed by atoms with van der Waals surface area (Å²) in [7, 11) is 0. The Morgan fingerprint density at radius 1 is 1.07 bits per heavy atom. The molecule has 1 saturated heterocycles. The molecule has 1 aliphatic carbocycles. The highest BCUT2D eigenvalue weighted by molar-refractivity contribution is 4.88. The predicted octanol–water partition coefficient (Wildman–Crippen LogP) is 2.25. The zero-order valence-corrected chi connectivity index (χ0v) is 10.1. The molecular formula is C12H26N2. The van der Waals surface area contributed by atoms with Crippen LogP contribution in [-0.2, 0) is 0 Å². The van der Waals surface area contributed by atoms with E-state index in [1.165, 1.54) is 38.8 Å². The van der Waals surface area contributed by atoms with Crippen molar-refractivity contribution in [3.8, 4) is 0 Å². The molecule has 2 rings (SSSR count). The van der Waals surface area contributed by atoms with E-state index in [-0.39, 0.29) is 0 Å². The van der Waals surface area contributed by atoms with Crippen LogP contribution >= 0.6 is 0 Å². The average molecular weight is 198 g/mol. The van der Waals surface area contributed by atoms with Gasteiger partial charge in [0.05, 0.1) is 0 Å². The minimum atomic E-state index is 0.810. The minimum Gasteiger partial charge on any atom is -0.314 e. The van der Waals surface area contributed by atoms with Crippen molar-refractivity contribution >= 4 is 0 Å². The van der Waals surface area contributed by atoms with Gasteiger partial charge in [-0.15, -0.1) is 0 Å². The van der Waals surface area contributed by atoms with Crippen molar-refractivity contribution in [2.75, 3.05) is 19.6 Å². The van der Waals surface area contributed by atoms with Crippen LogP contribution in [0.3, 0.4) is 0 Å². The van der Waals surface area contributed by atoms with Crippen LogP contribution in [0.4, 0.5) is 0 Å². The van der Waals surface area contributed by atoms with Crippen LogP contribution in [0.15, 0.2) is 0 Å². The van der Waals surface area contributed by atoms with Gasteiger partial charge >= 0.3 is 0 Å². The maximum Gasteiger partial charge on any atom is 0.00964 e. The molecule has 84 valence electrons. The Labute approximate surface area is 89.1 Å². The van der Waals surface area contributed by atoms with Crippen LogP contribution in [0.2, 0.25) is 0 Å². The first-order chi connectivity index (χ1) is 6.90. The Bertz CT molecular complexity index is 135. The van der Waals surface area contributed by atoms with Crippen LogP contribution in [0, 0.1) is 0 Å². The Hall–Kier alpha value is -0.0800. The van der Waals surface area contributed by atoms with Gasteiger partial charge in [0.25, 0.3) is 0 Å². The Morgan fingerprint density at radius 2 is 1.64 bits per heavy atom. The summed E-state index contributed by atoms with van der Waals surface area (Å²) in [5, 5.41) is 3.54. The van der Waals surface area contributed by atoms with E-state index >= 15 is 0 Å². The van der Waals surface area contributed by atoms with Gasteiger partial charge in [-0.25, -0.2) is 0 Å². The number of nitrogens with one attached hydrogen (secondary N) is 1. The van der Waals surface area contributed by atoms with E-state index in [0.717, 1.165) is 18.6 Å². The highest BCUT2D eigenvalue weighted by Gasteiger charge is 2.31. The van der Waals surface area contributed by atoms with Gasteiger partial charge in [-0.2, -0.15) is 0 Å². The van der Waals surface area contributed by atoms with Crippen molar-refractivity contribution in [1.82, 2.24) is 10.2 Å². The molecule has 0 spiro atoms. The second-order valence-electron chi connectivity index (χ2n) is 4.10. The lowest BCUT2D eigenvalue weighted by molar-refractivity contribution is 0.191. The van der Waals surface area contributed by atoms with Gasteiger partial charge in [-0.05, 0) is 45.3 Å². The normalized spacial score (nSPS) is 24.2. The lowest BCUT2D eigenvalue weighted by atomic mass is 10.1. The third kappa shape index (κ3) is 3.58. The Morgan fingerprint density at radius 3 is 2.07 bits per heavy atom. The van der Waals surface area contributed by atoms with Crippen molar-refractivity contribution in [2.45, 2.75) is 58.5 Å². The van der Waals surface area contributed by atoms with Crippen LogP contribution < -0.4 is 5.32 Å². The van der Waals surface area contributed by atoms with E-state index in [9.17, 15) is 0 Å². The lowest BCUT2D eigenvalue weighted by Gasteiger charge is -2.32. The van der Waals surface area contributed by atoms with E-state index in [1.54, 1.807) is 0 Å². The zero-order valence-electron chi connectivity index (χ0n) is 10.1. The molecule has 0 bridgehead atoms. The van der Waals surface area contributed by atoms with Gasteiger partial charge in [0.1, 0.15) is 0 Å². The molecule has 1 heterocycles. The fourth-order valence-corrected chi connectivity index (χ4v) is 2.20. The number of rotatable bonds is 3. The number of likely N-dealkylation sites (tertiary alicyclic amines) is 1. The molecule has 0 radical (unpaired) electrons. The van der Waals surface area contributed by atoms with Crippen LogP contribution in [0.1, 0.15) is 46.5 Å². The van der Waals surface area contributed by atoms with E-state index in [2.05, 4.69) is 17.1 Å². The third-order valence-corrected chi connectivity index (χ3v) is 3.09. The van der Waals surface area contributed by atoms with Crippen molar-refractivity contribution in [2.24, 2.45) is 0 Å². The molecule has 2 fully saturated rings. The first-order valence-electron chi connectivity index (χ1n) is 6.37. The smallest absolute Gasteiger partial charge is 0.00964 e. The van der Waals surface area contributed by atoms with Gasteiger partial charge in [0.15, 0.2) is 0 Å². The first-order valence-corrected chi connectivity index (χ1v) is 6.37. The van der Waals surface area contributed by atoms with E-state index in [4.69, 9.17) is 0 Å². The largest absolute Gasteiger partial charge is 0.314 e. The number of piperidine rings is 1. The maximum absolute atomic E-state index is 3.54. The molecule has 1 N–H and O–H groups in total. The standard InChI is InChI=1S/C10H20N2.C2H6/c1-2-11-9-5-7-12(8-6-9)10-3-4-10;1-2/h9-11H,2-8H2,1H3;1-2H3. The highest BCUT2D eigenvalue weighted by atomic mass is 15.2. The molecule has 14 heavy (non-hydrogen) atoms. The predicted molar refractivity (Wildman–Crippen MR) is 62.6 cm³/mol. The summed E-state index contributed by atoms with van der Waals surface area (Å²) in [4.78, 5) is 2.67. The molecule has 1 aliphatic heterocycles. The average Bonchev–Trinajstić information content (AvgIpc) is 3.06. The molecule has 2 aliphatic rings. The Balaban J connectivity index is 0.000000461. The molecule has 1 saturated carbocycles. The second-order valence-corrected chi connectivity index (χ2v) is 4.10. The molecule has 0 aromatic carbocycles.